The molecule has 4 aromatic rings. The van der Waals surface area contributed by atoms with Crippen LogP contribution >= 0.6 is 0 Å². The van der Waals surface area contributed by atoms with Gasteiger partial charge in [-0.25, -0.2) is 13.3 Å². The van der Waals surface area contributed by atoms with E-state index in [1.807, 2.05) is 0 Å². The Hall–Kier alpha value is -3.62. The Balaban J connectivity index is 1.69. The first-order valence-corrected chi connectivity index (χ1v) is 7.63. The number of rotatable bonds is 3. The number of carbonyl (C=O) groups is 1. The number of halogens is 2. The third-order valence-corrected chi connectivity index (χ3v) is 3.94. The number of nitrogens with one attached hydrogen (secondary N) is 2. The Bertz CT molecular complexity index is 1210. The highest BCUT2D eigenvalue weighted by molar-refractivity contribution is 5.99. The largest absolute Gasteiger partial charge is 0.346 e. The van der Waals surface area contributed by atoms with Gasteiger partial charge in [0.05, 0.1) is 11.0 Å². The number of aromatic amines is 1. The van der Waals surface area contributed by atoms with Crippen molar-refractivity contribution in [3.63, 3.8) is 0 Å². The van der Waals surface area contributed by atoms with Gasteiger partial charge in [-0.3, -0.25) is 9.59 Å². The van der Waals surface area contributed by atoms with Gasteiger partial charge in [0, 0.05) is 18.2 Å². The van der Waals surface area contributed by atoms with Crippen LogP contribution in [0.1, 0.15) is 16.1 Å². The molecule has 0 aliphatic carbocycles. The van der Waals surface area contributed by atoms with Crippen LogP contribution in [0.15, 0.2) is 47.3 Å². The highest BCUT2D eigenvalue weighted by atomic mass is 19.1. The van der Waals surface area contributed by atoms with Crippen LogP contribution in [0.4, 0.5) is 8.78 Å². The molecule has 0 spiro atoms. The summed E-state index contributed by atoms with van der Waals surface area (Å²) < 4.78 is 27.9. The summed E-state index contributed by atoms with van der Waals surface area (Å²) in [7, 11) is 0. The Kier molecular flexibility index (Phi) is 3.68. The van der Waals surface area contributed by atoms with Crippen molar-refractivity contribution in [2.75, 3.05) is 0 Å². The van der Waals surface area contributed by atoms with Crippen molar-refractivity contribution in [2.45, 2.75) is 6.54 Å². The normalized spacial score (nSPS) is 11.2. The minimum atomic E-state index is -0.776. The molecule has 2 heterocycles. The molecule has 4 rings (SSSR count). The van der Waals surface area contributed by atoms with Crippen LogP contribution in [0.3, 0.4) is 0 Å². The van der Waals surface area contributed by atoms with E-state index in [4.69, 9.17) is 0 Å². The summed E-state index contributed by atoms with van der Waals surface area (Å²) in [6, 6.07) is 10.00. The second kappa shape index (κ2) is 6.03. The van der Waals surface area contributed by atoms with E-state index in [-0.39, 0.29) is 23.3 Å². The second-order valence-electron chi connectivity index (χ2n) is 5.59. The van der Waals surface area contributed by atoms with Crippen molar-refractivity contribution in [1.29, 1.82) is 0 Å². The quantitative estimate of drug-likeness (QED) is 0.586. The van der Waals surface area contributed by atoms with Crippen LogP contribution in [-0.2, 0) is 6.54 Å². The van der Waals surface area contributed by atoms with Crippen molar-refractivity contribution in [1.82, 2.24) is 25.1 Å². The van der Waals surface area contributed by atoms with Gasteiger partial charge in [0.2, 0.25) is 0 Å². The molecule has 0 fully saturated rings. The average molecular weight is 355 g/mol. The van der Waals surface area contributed by atoms with Gasteiger partial charge in [0.15, 0.2) is 11.2 Å². The zero-order valence-corrected chi connectivity index (χ0v) is 13.2. The highest BCUT2D eigenvalue weighted by Crippen LogP contribution is 2.13. The van der Waals surface area contributed by atoms with Crippen molar-refractivity contribution < 1.29 is 13.6 Å². The summed E-state index contributed by atoms with van der Waals surface area (Å²) in [4.78, 5) is 27.4. The van der Waals surface area contributed by atoms with E-state index in [0.29, 0.717) is 11.0 Å². The molecule has 0 saturated carbocycles. The van der Waals surface area contributed by atoms with E-state index in [0.717, 1.165) is 12.1 Å². The molecule has 1 amide bonds. The number of amides is 1. The zero-order valence-electron chi connectivity index (χ0n) is 13.2. The lowest BCUT2D eigenvalue weighted by atomic mass is 10.2. The predicted octanol–water partition coefficient (Wildman–Crippen LogP) is 1.78. The van der Waals surface area contributed by atoms with E-state index >= 15 is 0 Å². The molecule has 2 N–H and O–H groups in total. The molecule has 2 aromatic heterocycles. The van der Waals surface area contributed by atoms with Gasteiger partial charge in [-0.2, -0.15) is 0 Å². The summed E-state index contributed by atoms with van der Waals surface area (Å²) in [5, 5.41) is 10.1. The van der Waals surface area contributed by atoms with Crippen LogP contribution in [0.25, 0.3) is 16.6 Å². The first kappa shape index (κ1) is 15.9. The van der Waals surface area contributed by atoms with Gasteiger partial charge >= 0.3 is 0 Å². The summed E-state index contributed by atoms with van der Waals surface area (Å²) in [5.41, 5.74) is 0.524. The number of nitrogens with zero attached hydrogens (tertiary/aromatic N) is 3. The molecule has 0 aliphatic heterocycles. The zero-order chi connectivity index (χ0) is 18.3. The molecule has 0 aliphatic rings. The Labute approximate surface area is 144 Å². The van der Waals surface area contributed by atoms with E-state index in [2.05, 4.69) is 20.6 Å². The van der Waals surface area contributed by atoms with Gasteiger partial charge in [-0.15, -0.1) is 5.10 Å². The fraction of sp³-hybridized carbons (Fsp3) is 0.0588. The lowest BCUT2D eigenvalue weighted by Crippen LogP contribution is -2.25. The van der Waals surface area contributed by atoms with Crippen molar-refractivity contribution in [3.05, 3.63) is 75.7 Å². The van der Waals surface area contributed by atoms with Crippen LogP contribution in [0.2, 0.25) is 0 Å². The van der Waals surface area contributed by atoms with E-state index in [1.165, 1.54) is 10.6 Å². The van der Waals surface area contributed by atoms with Crippen LogP contribution in [0.5, 0.6) is 0 Å². The average Bonchev–Trinajstić information content (AvgIpc) is 3.07. The maximum absolute atomic E-state index is 13.7. The molecule has 26 heavy (non-hydrogen) atoms. The maximum atomic E-state index is 13.7. The molecule has 2 aromatic carbocycles. The minimum Gasteiger partial charge on any atom is -0.346 e. The topological polar surface area (TPSA) is 92.2 Å². The summed E-state index contributed by atoms with van der Waals surface area (Å²) >= 11 is 0. The van der Waals surface area contributed by atoms with Gasteiger partial charge in [0.25, 0.3) is 11.5 Å². The summed E-state index contributed by atoms with van der Waals surface area (Å²) in [5.74, 6) is -2.17. The van der Waals surface area contributed by atoms with Crippen molar-refractivity contribution >= 4 is 22.5 Å². The van der Waals surface area contributed by atoms with Crippen LogP contribution in [0, 0.1) is 11.6 Å². The molecule has 130 valence electrons. The first-order chi connectivity index (χ1) is 12.5. The number of fused-ring (bicyclic) bond motifs is 3. The fourth-order valence-corrected chi connectivity index (χ4v) is 2.68. The van der Waals surface area contributed by atoms with Crippen molar-refractivity contribution in [3.8, 4) is 0 Å². The SMILES string of the molecule is O=C(NCc1ccc(F)cc1F)c1nnn2c1c(=O)[nH]c1ccccc12. The monoisotopic (exact) mass is 355 g/mol. The Morgan fingerprint density at radius 2 is 2.00 bits per heavy atom. The molecule has 0 unspecified atom stereocenters. The smallest absolute Gasteiger partial charge is 0.277 e. The van der Waals surface area contributed by atoms with Gasteiger partial charge in [-0.05, 0) is 18.2 Å². The fourth-order valence-electron chi connectivity index (χ4n) is 2.68. The molecular formula is C17H11F2N5O2. The Morgan fingerprint density at radius 1 is 1.19 bits per heavy atom. The van der Waals surface area contributed by atoms with E-state index in [9.17, 15) is 18.4 Å². The molecule has 0 radical (unpaired) electrons. The molecule has 7 nitrogen and oxygen atoms in total. The highest BCUT2D eigenvalue weighted by Gasteiger charge is 2.19. The molecule has 0 bridgehead atoms. The number of benzene rings is 2. The Morgan fingerprint density at radius 3 is 2.81 bits per heavy atom. The van der Waals surface area contributed by atoms with Crippen molar-refractivity contribution in [2.24, 2.45) is 0 Å². The second-order valence-corrected chi connectivity index (χ2v) is 5.59. The summed E-state index contributed by atoms with van der Waals surface area (Å²) in [6.45, 7) is -0.185. The molecule has 0 saturated heterocycles. The maximum Gasteiger partial charge on any atom is 0.277 e. The number of hydrogen-bond donors (Lipinski definition) is 2. The third kappa shape index (κ3) is 2.59. The van der Waals surface area contributed by atoms with Gasteiger partial charge in [0.1, 0.15) is 11.6 Å². The number of hydrogen-bond acceptors (Lipinski definition) is 4. The van der Waals surface area contributed by atoms with Gasteiger partial charge < -0.3 is 10.3 Å². The molecule has 0 atom stereocenters. The summed E-state index contributed by atoms with van der Waals surface area (Å²) in [6.07, 6.45) is 0. The lowest BCUT2D eigenvalue weighted by molar-refractivity contribution is 0.0947. The van der Waals surface area contributed by atoms with Crippen LogP contribution < -0.4 is 10.9 Å². The number of aromatic nitrogens is 4. The number of para-hydroxylation sites is 2. The van der Waals surface area contributed by atoms with Gasteiger partial charge in [-0.1, -0.05) is 23.4 Å². The number of carbonyl (C=O) groups excluding carboxylic acids is 1. The minimum absolute atomic E-state index is 0.0132. The predicted molar refractivity (Wildman–Crippen MR) is 88.6 cm³/mol. The third-order valence-electron chi connectivity index (χ3n) is 3.94. The first-order valence-electron chi connectivity index (χ1n) is 7.63. The lowest BCUT2D eigenvalue weighted by Gasteiger charge is -2.05. The molecular weight excluding hydrogens is 344 g/mol. The standard InChI is InChI=1S/C17H11F2N5O2/c18-10-6-5-9(11(19)7-10)8-20-16(25)14-15-17(26)21-12-3-1-2-4-13(12)24(15)23-22-14/h1-7H,8H2,(H,20,25)(H,21,26). The van der Waals surface area contributed by atoms with E-state index in [1.54, 1.807) is 24.3 Å². The van der Waals surface area contributed by atoms with Crippen LogP contribution in [-0.4, -0.2) is 25.7 Å². The number of H-pyrrole nitrogens is 1. The van der Waals surface area contributed by atoms with E-state index < -0.39 is 23.1 Å². The molecule has 9 heteroatoms.